The van der Waals surface area contributed by atoms with Gasteiger partial charge < -0.3 is 4.74 Å². The van der Waals surface area contributed by atoms with Crippen LogP contribution in [0.3, 0.4) is 0 Å². The third kappa shape index (κ3) is 2.18. The molecule has 0 bridgehead atoms. The van der Waals surface area contributed by atoms with Crippen molar-refractivity contribution in [2.75, 3.05) is 12.4 Å². The van der Waals surface area contributed by atoms with E-state index in [4.69, 9.17) is 4.74 Å². The number of ketones is 1. The highest BCUT2D eigenvalue weighted by Gasteiger charge is 2.33. The van der Waals surface area contributed by atoms with Crippen LogP contribution in [0.5, 0.6) is 0 Å². The van der Waals surface area contributed by atoms with Gasteiger partial charge in [0.1, 0.15) is 5.25 Å². The lowest BCUT2D eigenvalue weighted by Crippen LogP contribution is -2.23. The zero-order valence-electron chi connectivity index (χ0n) is 10.9. The molecule has 1 unspecified atom stereocenters. The number of rotatable bonds is 2. The molecule has 100 valence electrons. The van der Waals surface area contributed by atoms with Gasteiger partial charge in [0.05, 0.1) is 12.4 Å². The van der Waals surface area contributed by atoms with Gasteiger partial charge in [0.2, 0.25) is 0 Å². The van der Waals surface area contributed by atoms with E-state index in [0.29, 0.717) is 12.4 Å². The van der Waals surface area contributed by atoms with Gasteiger partial charge in [0.25, 0.3) is 0 Å². The SMILES string of the molecule is CCOC(=O)C1SCC(=O)c2cc3c(cc21)CCC3. The zero-order chi connectivity index (χ0) is 13.4. The van der Waals surface area contributed by atoms with Crippen LogP contribution in [-0.2, 0) is 22.4 Å². The highest BCUT2D eigenvalue weighted by Crippen LogP contribution is 2.40. The van der Waals surface area contributed by atoms with Crippen molar-refractivity contribution in [3.63, 3.8) is 0 Å². The molecule has 1 aliphatic carbocycles. The number of hydrogen-bond donors (Lipinski definition) is 0. The summed E-state index contributed by atoms with van der Waals surface area (Å²) in [5.74, 6) is 0.282. The van der Waals surface area contributed by atoms with Crippen molar-refractivity contribution < 1.29 is 14.3 Å². The molecule has 1 atom stereocenters. The second-order valence-electron chi connectivity index (χ2n) is 4.93. The molecule has 1 aromatic rings. The maximum Gasteiger partial charge on any atom is 0.323 e. The monoisotopic (exact) mass is 276 g/mol. The third-order valence-corrected chi connectivity index (χ3v) is 4.94. The number of thioether (sulfide) groups is 1. The predicted molar refractivity (Wildman–Crippen MR) is 74.6 cm³/mol. The molecule has 0 radical (unpaired) electrons. The first-order valence-corrected chi connectivity index (χ1v) is 7.72. The summed E-state index contributed by atoms with van der Waals surface area (Å²) in [4.78, 5) is 24.1. The average Bonchev–Trinajstić information content (AvgIpc) is 2.84. The summed E-state index contributed by atoms with van der Waals surface area (Å²) < 4.78 is 5.12. The molecule has 19 heavy (non-hydrogen) atoms. The van der Waals surface area contributed by atoms with E-state index in [1.807, 2.05) is 6.07 Å². The second-order valence-corrected chi connectivity index (χ2v) is 6.02. The van der Waals surface area contributed by atoms with Crippen LogP contribution in [0.4, 0.5) is 0 Å². The fourth-order valence-corrected chi connectivity index (χ4v) is 3.89. The number of benzene rings is 1. The zero-order valence-corrected chi connectivity index (χ0v) is 11.7. The van der Waals surface area contributed by atoms with Gasteiger partial charge in [-0.05, 0) is 48.9 Å². The van der Waals surface area contributed by atoms with Gasteiger partial charge in [-0.3, -0.25) is 9.59 Å². The van der Waals surface area contributed by atoms with Crippen LogP contribution in [0.15, 0.2) is 12.1 Å². The van der Waals surface area contributed by atoms with Crippen molar-refractivity contribution in [3.8, 4) is 0 Å². The molecule has 2 aliphatic rings. The number of ether oxygens (including phenoxy) is 1. The van der Waals surface area contributed by atoms with E-state index in [-0.39, 0.29) is 17.0 Å². The lowest BCUT2D eigenvalue weighted by molar-refractivity contribution is -0.142. The van der Waals surface area contributed by atoms with E-state index < -0.39 is 0 Å². The first kappa shape index (κ1) is 12.7. The summed E-state index contributed by atoms with van der Waals surface area (Å²) in [5.41, 5.74) is 4.17. The summed E-state index contributed by atoms with van der Waals surface area (Å²) in [5, 5.41) is -0.335. The lowest BCUT2D eigenvalue weighted by atomic mass is 9.95. The predicted octanol–water partition coefficient (Wildman–Crippen LogP) is 2.71. The molecule has 4 heteroatoms. The summed E-state index contributed by atoms with van der Waals surface area (Å²) in [6.45, 7) is 2.18. The molecule has 0 saturated carbocycles. The summed E-state index contributed by atoms with van der Waals surface area (Å²) in [6.07, 6.45) is 3.24. The van der Waals surface area contributed by atoms with Gasteiger partial charge in [-0.1, -0.05) is 6.07 Å². The van der Waals surface area contributed by atoms with Crippen molar-refractivity contribution in [2.45, 2.75) is 31.4 Å². The number of aryl methyl sites for hydroxylation is 2. The Morgan fingerprint density at radius 3 is 2.84 bits per heavy atom. The normalized spacial score (nSPS) is 20.9. The largest absolute Gasteiger partial charge is 0.465 e. The molecule has 0 aromatic heterocycles. The van der Waals surface area contributed by atoms with Crippen LogP contribution < -0.4 is 0 Å². The number of fused-ring (bicyclic) bond motifs is 2. The maximum atomic E-state index is 12.0. The first-order chi connectivity index (χ1) is 9.20. The maximum absolute atomic E-state index is 12.0. The van der Waals surface area contributed by atoms with Gasteiger partial charge in [0.15, 0.2) is 5.78 Å². The molecule has 0 spiro atoms. The average molecular weight is 276 g/mol. The second kappa shape index (κ2) is 5.00. The van der Waals surface area contributed by atoms with Gasteiger partial charge >= 0.3 is 5.97 Å². The minimum Gasteiger partial charge on any atom is -0.465 e. The quantitative estimate of drug-likeness (QED) is 0.779. The van der Waals surface area contributed by atoms with Crippen LogP contribution in [-0.4, -0.2) is 24.1 Å². The molecule has 0 amide bonds. The van der Waals surface area contributed by atoms with E-state index >= 15 is 0 Å². The van der Waals surface area contributed by atoms with Crippen molar-refractivity contribution in [1.82, 2.24) is 0 Å². The fourth-order valence-electron chi connectivity index (χ4n) is 2.84. The van der Waals surface area contributed by atoms with E-state index in [2.05, 4.69) is 6.07 Å². The Labute approximate surface area is 116 Å². The molecule has 0 N–H and O–H groups in total. The Bertz CT molecular complexity index is 551. The van der Waals surface area contributed by atoms with Gasteiger partial charge in [-0.25, -0.2) is 0 Å². The smallest absolute Gasteiger partial charge is 0.323 e. The molecule has 1 aromatic carbocycles. The number of hydrogen-bond acceptors (Lipinski definition) is 4. The van der Waals surface area contributed by atoms with E-state index in [0.717, 1.165) is 30.4 Å². The highest BCUT2D eigenvalue weighted by atomic mass is 32.2. The molecule has 0 saturated heterocycles. The van der Waals surface area contributed by atoms with Crippen LogP contribution in [0.1, 0.15) is 45.6 Å². The number of carbonyl (C=O) groups excluding carboxylic acids is 2. The fraction of sp³-hybridized carbons (Fsp3) is 0.467. The van der Waals surface area contributed by atoms with Crippen molar-refractivity contribution in [3.05, 3.63) is 34.4 Å². The van der Waals surface area contributed by atoms with E-state index in [9.17, 15) is 9.59 Å². The molecular weight excluding hydrogens is 260 g/mol. The molecule has 3 rings (SSSR count). The highest BCUT2D eigenvalue weighted by molar-refractivity contribution is 8.01. The molecule has 1 aliphatic heterocycles. The topological polar surface area (TPSA) is 43.4 Å². The molecule has 3 nitrogen and oxygen atoms in total. The summed E-state index contributed by atoms with van der Waals surface area (Å²) >= 11 is 1.38. The number of Topliss-reactive ketones (excluding diaryl/α,β-unsaturated/α-hetero) is 1. The van der Waals surface area contributed by atoms with Crippen molar-refractivity contribution in [2.24, 2.45) is 0 Å². The summed E-state index contributed by atoms with van der Waals surface area (Å²) in [6, 6.07) is 4.06. The van der Waals surface area contributed by atoms with Crippen LogP contribution in [0, 0.1) is 0 Å². The Balaban J connectivity index is 2.04. The molecule has 1 heterocycles. The van der Waals surface area contributed by atoms with Crippen molar-refractivity contribution >= 4 is 23.5 Å². The van der Waals surface area contributed by atoms with Crippen molar-refractivity contribution in [1.29, 1.82) is 0 Å². The van der Waals surface area contributed by atoms with Gasteiger partial charge in [0, 0.05) is 5.56 Å². The minimum atomic E-state index is -0.335. The van der Waals surface area contributed by atoms with Crippen LogP contribution >= 0.6 is 11.8 Å². The van der Waals surface area contributed by atoms with Crippen LogP contribution in [0.2, 0.25) is 0 Å². The first-order valence-electron chi connectivity index (χ1n) is 6.68. The Morgan fingerprint density at radius 2 is 2.11 bits per heavy atom. The van der Waals surface area contributed by atoms with E-state index in [1.54, 1.807) is 6.92 Å². The number of esters is 1. The Morgan fingerprint density at radius 1 is 1.37 bits per heavy atom. The minimum absolute atomic E-state index is 0.134. The third-order valence-electron chi connectivity index (χ3n) is 3.73. The summed E-state index contributed by atoms with van der Waals surface area (Å²) in [7, 11) is 0. The lowest BCUT2D eigenvalue weighted by Gasteiger charge is -2.23. The Kier molecular flexibility index (Phi) is 3.35. The van der Waals surface area contributed by atoms with Crippen LogP contribution in [0.25, 0.3) is 0 Å². The van der Waals surface area contributed by atoms with Gasteiger partial charge in [-0.15, -0.1) is 11.8 Å². The number of carbonyl (C=O) groups is 2. The molecule has 0 fully saturated rings. The van der Waals surface area contributed by atoms with Gasteiger partial charge in [-0.2, -0.15) is 0 Å². The standard InChI is InChI=1S/C15H16O3S/c1-2-18-15(17)14-12-7-10-5-3-4-9(10)6-11(12)13(16)8-19-14/h6-7,14H,2-5,8H2,1H3. The van der Waals surface area contributed by atoms with E-state index in [1.165, 1.54) is 22.9 Å². The molecular formula is C15H16O3S. The Hall–Kier alpha value is -1.29.